The third-order valence-corrected chi connectivity index (χ3v) is 2.53. The first kappa shape index (κ1) is 13.6. The summed E-state index contributed by atoms with van der Waals surface area (Å²) in [6.07, 6.45) is 0. The largest absolute Gasteiger partial charge is 0.465 e. The number of amides is 1. The Morgan fingerprint density at radius 3 is 2.76 bits per heavy atom. The van der Waals surface area contributed by atoms with Gasteiger partial charge in [-0.1, -0.05) is 0 Å². The van der Waals surface area contributed by atoms with Gasteiger partial charge in [0, 0.05) is 4.47 Å². The molecule has 0 bridgehead atoms. The summed E-state index contributed by atoms with van der Waals surface area (Å²) in [4.78, 5) is 22.6. The van der Waals surface area contributed by atoms with E-state index in [-0.39, 0.29) is 18.7 Å². The molecule has 17 heavy (non-hydrogen) atoms. The Labute approximate surface area is 106 Å². The standard InChI is InChI=1S/C11H11BrFNO3/c1-2-17-10(15)6-14-11(16)8-4-3-7(13)5-9(8)12/h3-5H,2,6H2,1H3,(H,14,16). The zero-order valence-corrected chi connectivity index (χ0v) is 10.7. The molecule has 0 unspecified atom stereocenters. The van der Waals surface area contributed by atoms with Gasteiger partial charge in [-0.2, -0.15) is 0 Å². The predicted octanol–water partition coefficient (Wildman–Crippen LogP) is 1.88. The smallest absolute Gasteiger partial charge is 0.325 e. The number of esters is 1. The van der Waals surface area contributed by atoms with Gasteiger partial charge in [0.2, 0.25) is 0 Å². The van der Waals surface area contributed by atoms with E-state index in [1.165, 1.54) is 18.2 Å². The van der Waals surface area contributed by atoms with Crippen LogP contribution in [0.3, 0.4) is 0 Å². The fourth-order valence-electron chi connectivity index (χ4n) is 1.13. The Morgan fingerprint density at radius 1 is 1.47 bits per heavy atom. The van der Waals surface area contributed by atoms with Gasteiger partial charge < -0.3 is 10.1 Å². The minimum atomic E-state index is -0.515. The van der Waals surface area contributed by atoms with Gasteiger partial charge in [-0.05, 0) is 41.1 Å². The minimum absolute atomic E-state index is 0.212. The second-order valence-corrected chi connectivity index (χ2v) is 3.97. The summed E-state index contributed by atoms with van der Waals surface area (Å²) < 4.78 is 17.8. The number of halogens is 2. The normalized spacial score (nSPS) is 9.82. The summed E-state index contributed by atoms with van der Waals surface area (Å²) in [6, 6.07) is 3.68. The molecule has 0 heterocycles. The van der Waals surface area contributed by atoms with Gasteiger partial charge in [-0.15, -0.1) is 0 Å². The maximum atomic E-state index is 12.8. The molecule has 0 radical (unpaired) electrons. The Morgan fingerprint density at radius 2 is 2.18 bits per heavy atom. The molecular formula is C11H11BrFNO3. The van der Waals surface area contributed by atoms with Gasteiger partial charge in [0.15, 0.2) is 0 Å². The first-order valence-electron chi connectivity index (χ1n) is 4.93. The molecule has 0 saturated carbocycles. The van der Waals surface area contributed by atoms with Crippen molar-refractivity contribution in [2.24, 2.45) is 0 Å². The van der Waals surface area contributed by atoms with E-state index < -0.39 is 17.7 Å². The number of nitrogens with one attached hydrogen (secondary N) is 1. The third kappa shape index (κ3) is 4.14. The Kier molecular flexibility index (Phi) is 5.09. The van der Waals surface area contributed by atoms with Crippen LogP contribution in [0, 0.1) is 5.82 Å². The van der Waals surface area contributed by atoms with Crippen molar-refractivity contribution in [2.75, 3.05) is 13.2 Å². The molecule has 6 heteroatoms. The average Bonchev–Trinajstić information content (AvgIpc) is 2.26. The first-order valence-corrected chi connectivity index (χ1v) is 5.72. The summed E-state index contributed by atoms with van der Waals surface area (Å²) in [5, 5.41) is 2.38. The van der Waals surface area contributed by atoms with E-state index in [4.69, 9.17) is 0 Å². The van der Waals surface area contributed by atoms with Crippen LogP contribution < -0.4 is 5.32 Å². The summed E-state index contributed by atoms with van der Waals surface area (Å²) in [6.45, 7) is 1.72. The molecule has 0 saturated heterocycles. The summed E-state index contributed by atoms with van der Waals surface area (Å²) in [5.41, 5.74) is 0.260. The molecular weight excluding hydrogens is 293 g/mol. The van der Waals surface area contributed by atoms with E-state index in [1.54, 1.807) is 6.92 Å². The van der Waals surface area contributed by atoms with Crippen LogP contribution in [0.1, 0.15) is 17.3 Å². The van der Waals surface area contributed by atoms with Gasteiger partial charge in [-0.3, -0.25) is 9.59 Å². The van der Waals surface area contributed by atoms with Crippen molar-refractivity contribution in [1.29, 1.82) is 0 Å². The fraction of sp³-hybridized carbons (Fsp3) is 0.273. The molecule has 92 valence electrons. The van der Waals surface area contributed by atoms with Gasteiger partial charge >= 0.3 is 5.97 Å². The molecule has 1 aromatic rings. The van der Waals surface area contributed by atoms with Gasteiger partial charge in [-0.25, -0.2) is 4.39 Å². The predicted molar refractivity (Wildman–Crippen MR) is 63.1 cm³/mol. The highest BCUT2D eigenvalue weighted by molar-refractivity contribution is 9.10. The maximum absolute atomic E-state index is 12.8. The Balaban J connectivity index is 2.61. The zero-order chi connectivity index (χ0) is 12.8. The third-order valence-electron chi connectivity index (χ3n) is 1.87. The number of rotatable bonds is 4. The van der Waals surface area contributed by atoms with Crippen LogP contribution in [0.25, 0.3) is 0 Å². The number of ether oxygens (including phenoxy) is 1. The quantitative estimate of drug-likeness (QED) is 0.864. The van der Waals surface area contributed by atoms with E-state index in [1.807, 2.05) is 0 Å². The van der Waals surface area contributed by atoms with E-state index in [9.17, 15) is 14.0 Å². The number of benzene rings is 1. The number of hydrogen-bond acceptors (Lipinski definition) is 3. The van der Waals surface area contributed by atoms with Crippen molar-refractivity contribution < 1.29 is 18.7 Å². The molecule has 1 N–H and O–H groups in total. The number of hydrogen-bond donors (Lipinski definition) is 1. The molecule has 0 atom stereocenters. The monoisotopic (exact) mass is 303 g/mol. The highest BCUT2D eigenvalue weighted by atomic mass is 79.9. The lowest BCUT2D eigenvalue weighted by atomic mass is 10.2. The lowest BCUT2D eigenvalue weighted by Gasteiger charge is -2.06. The molecule has 1 rings (SSSR count). The average molecular weight is 304 g/mol. The van der Waals surface area contributed by atoms with Gasteiger partial charge in [0.1, 0.15) is 12.4 Å². The van der Waals surface area contributed by atoms with Crippen LogP contribution in [-0.4, -0.2) is 25.0 Å². The molecule has 1 amide bonds. The van der Waals surface area contributed by atoms with Crippen molar-refractivity contribution in [3.05, 3.63) is 34.1 Å². The zero-order valence-electron chi connectivity index (χ0n) is 9.13. The van der Waals surface area contributed by atoms with Gasteiger partial charge in [0.25, 0.3) is 5.91 Å². The van der Waals surface area contributed by atoms with E-state index in [2.05, 4.69) is 26.0 Å². The second kappa shape index (κ2) is 6.34. The van der Waals surface area contributed by atoms with Crippen molar-refractivity contribution in [1.82, 2.24) is 5.32 Å². The van der Waals surface area contributed by atoms with Crippen LogP contribution in [-0.2, 0) is 9.53 Å². The van der Waals surface area contributed by atoms with Crippen molar-refractivity contribution in [3.8, 4) is 0 Å². The molecule has 0 aliphatic heterocycles. The molecule has 1 aromatic carbocycles. The van der Waals surface area contributed by atoms with Crippen LogP contribution >= 0.6 is 15.9 Å². The SMILES string of the molecule is CCOC(=O)CNC(=O)c1ccc(F)cc1Br. The number of carbonyl (C=O) groups excluding carboxylic acids is 2. The van der Waals surface area contributed by atoms with Crippen molar-refractivity contribution >= 4 is 27.8 Å². The lowest BCUT2D eigenvalue weighted by Crippen LogP contribution is -2.30. The first-order chi connectivity index (χ1) is 8.04. The molecule has 0 aliphatic rings. The lowest BCUT2D eigenvalue weighted by molar-refractivity contribution is -0.141. The van der Waals surface area contributed by atoms with Crippen LogP contribution in [0.5, 0.6) is 0 Å². The van der Waals surface area contributed by atoms with Crippen molar-refractivity contribution in [2.45, 2.75) is 6.92 Å². The second-order valence-electron chi connectivity index (χ2n) is 3.11. The van der Waals surface area contributed by atoms with E-state index in [0.717, 1.165) is 0 Å². The topological polar surface area (TPSA) is 55.4 Å². The van der Waals surface area contributed by atoms with E-state index >= 15 is 0 Å². The highest BCUT2D eigenvalue weighted by Gasteiger charge is 2.12. The summed E-state index contributed by atoms with van der Waals surface area (Å²) >= 11 is 3.07. The fourth-order valence-corrected chi connectivity index (χ4v) is 1.66. The Bertz CT molecular complexity index is 437. The minimum Gasteiger partial charge on any atom is -0.465 e. The van der Waals surface area contributed by atoms with Crippen LogP contribution in [0.4, 0.5) is 4.39 Å². The number of carbonyl (C=O) groups is 2. The van der Waals surface area contributed by atoms with Crippen molar-refractivity contribution in [3.63, 3.8) is 0 Å². The summed E-state index contributed by atoms with van der Waals surface area (Å²) in [7, 11) is 0. The van der Waals surface area contributed by atoms with E-state index in [0.29, 0.717) is 4.47 Å². The van der Waals surface area contributed by atoms with Crippen LogP contribution in [0.15, 0.2) is 22.7 Å². The highest BCUT2D eigenvalue weighted by Crippen LogP contribution is 2.17. The molecule has 0 fully saturated rings. The molecule has 0 aromatic heterocycles. The maximum Gasteiger partial charge on any atom is 0.325 e. The molecule has 4 nitrogen and oxygen atoms in total. The van der Waals surface area contributed by atoms with Crippen LogP contribution in [0.2, 0.25) is 0 Å². The Hall–Kier alpha value is -1.43. The molecule has 0 aliphatic carbocycles. The molecule has 0 spiro atoms. The van der Waals surface area contributed by atoms with Gasteiger partial charge in [0.05, 0.1) is 12.2 Å². The summed E-state index contributed by atoms with van der Waals surface area (Å²) in [5.74, 6) is -1.43.